The first-order chi connectivity index (χ1) is 11.1. The Morgan fingerprint density at radius 1 is 1.42 bits per heavy atom. The monoisotopic (exact) mass is 482 g/mol. The van der Waals surface area contributed by atoms with Gasteiger partial charge in [-0.25, -0.2) is 4.98 Å². The van der Waals surface area contributed by atoms with Crippen molar-refractivity contribution in [3.63, 3.8) is 0 Å². The van der Waals surface area contributed by atoms with Crippen molar-refractivity contribution in [1.82, 2.24) is 15.2 Å². The van der Waals surface area contributed by atoms with Crippen molar-refractivity contribution < 1.29 is 5.11 Å². The smallest absolute Gasteiger partial charge is 0.193 e. The van der Waals surface area contributed by atoms with Crippen molar-refractivity contribution in [1.29, 1.82) is 0 Å². The molecule has 1 aromatic rings. The molecule has 0 saturated carbocycles. The molecule has 2 aliphatic rings. The Morgan fingerprint density at radius 2 is 2.21 bits per heavy atom. The van der Waals surface area contributed by atoms with E-state index in [4.69, 9.17) is 4.98 Å². The van der Waals surface area contributed by atoms with Crippen molar-refractivity contribution in [3.05, 3.63) is 15.6 Å². The first kappa shape index (κ1) is 20.3. The first-order valence-corrected chi connectivity index (χ1v) is 10.3. The van der Waals surface area contributed by atoms with E-state index in [1.807, 2.05) is 30.1 Å². The van der Waals surface area contributed by atoms with Gasteiger partial charge in [0.05, 0.1) is 17.8 Å². The van der Waals surface area contributed by atoms with Crippen LogP contribution in [0.2, 0.25) is 0 Å². The van der Waals surface area contributed by atoms with Gasteiger partial charge in [0.2, 0.25) is 0 Å². The summed E-state index contributed by atoms with van der Waals surface area (Å²) in [5.74, 6) is 2.67. The number of aryl methyl sites for hydroxylation is 2. The second kappa shape index (κ2) is 9.05. The molecular formula is C16H27IN4OS2. The molecule has 1 saturated heterocycles. The Kier molecular flexibility index (Phi) is 7.63. The number of thioether (sulfide) groups is 1. The second-order valence-corrected chi connectivity index (χ2v) is 8.74. The van der Waals surface area contributed by atoms with Gasteiger partial charge in [-0.1, -0.05) is 0 Å². The summed E-state index contributed by atoms with van der Waals surface area (Å²) >= 11 is 3.66. The number of nitrogens with zero attached hydrogens (tertiary/aromatic N) is 3. The second-order valence-electron chi connectivity index (χ2n) is 6.47. The topological polar surface area (TPSA) is 60.8 Å². The zero-order valence-electron chi connectivity index (χ0n) is 14.4. The average molecular weight is 482 g/mol. The van der Waals surface area contributed by atoms with Gasteiger partial charge in [-0.15, -0.1) is 35.3 Å². The van der Waals surface area contributed by atoms with Crippen LogP contribution in [0.15, 0.2) is 4.99 Å². The number of hydrogen-bond donors (Lipinski definition) is 2. The highest BCUT2D eigenvalue weighted by molar-refractivity contribution is 14.0. The van der Waals surface area contributed by atoms with E-state index >= 15 is 0 Å². The van der Waals surface area contributed by atoms with Crippen molar-refractivity contribution in [2.75, 3.05) is 32.1 Å². The lowest BCUT2D eigenvalue weighted by atomic mass is 10.0. The molecule has 0 amide bonds. The van der Waals surface area contributed by atoms with Crippen molar-refractivity contribution >= 4 is 53.0 Å². The number of aromatic nitrogens is 1. The lowest BCUT2D eigenvalue weighted by Crippen LogP contribution is -2.47. The van der Waals surface area contributed by atoms with Gasteiger partial charge in [-0.3, -0.25) is 4.99 Å². The summed E-state index contributed by atoms with van der Waals surface area (Å²) in [5, 5.41) is 14.9. The first-order valence-electron chi connectivity index (χ1n) is 8.29. The fourth-order valence-corrected chi connectivity index (χ4v) is 5.62. The third kappa shape index (κ3) is 4.98. The van der Waals surface area contributed by atoms with Gasteiger partial charge >= 0.3 is 0 Å². The van der Waals surface area contributed by atoms with E-state index in [2.05, 4.69) is 15.2 Å². The van der Waals surface area contributed by atoms with Crippen LogP contribution in [-0.2, 0) is 19.4 Å². The normalized spacial score (nSPS) is 23.5. The molecule has 0 aromatic carbocycles. The molecule has 2 heterocycles. The molecule has 24 heavy (non-hydrogen) atoms. The number of rotatable bonds is 4. The average Bonchev–Trinajstić information content (AvgIpc) is 3.13. The summed E-state index contributed by atoms with van der Waals surface area (Å²) in [4.78, 5) is 12.7. The summed E-state index contributed by atoms with van der Waals surface area (Å²) < 4.78 is 0. The lowest BCUT2D eigenvalue weighted by Gasteiger charge is -2.26. The van der Waals surface area contributed by atoms with Crippen LogP contribution in [0.25, 0.3) is 0 Å². The summed E-state index contributed by atoms with van der Waals surface area (Å²) in [7, 11) is 3.82. The van der Waals surface area contributed by atoms with E-state index in [-0.39, 0.29) is 24.0 Å². The molecule has 0 spiro atoms. The van der Waals surface area contributed by atoms with E-state index in [0.717, 1.165) is 41.9 Å². The maximum absolute atomic E-state index is 10.5. The van der Waals surface area contributed by atoms with E-state index in [9.17, 15) is 5.11 Å². The molecule has 1 aliphatic heterocycles. The number of aliphatic imine (C=N–C) groups is 1. The number of nitrogens with one attached hydrogen (secondary N) is 1. The van der Waals surface area contributed by atoms with Gasteiger partial charge in [0.15, 0.2) is 5.96 Å². The van der Waals surface area contributed by atoms with Gasteiger partial charge in [-0.2, -0.15) is 11.8 Å². The van der Waals surface area contributed by atoms with E-state index in [1.54, 1.807) is 7.05 Å². The molecular weight excluding hydrogens is 455 g/mol. The predicted molar refractivity (Wildman–Crippen MR) is 114 cm³/mol. The summed E-state index contributed by atoms with van der Waals surface area (Å²) in [6.07, 6.45) is 5.74. The van der Waals surface area contributed by atoms with E-state index in [0.29, 0.717) is 6.54 Å². The summed E-state index contributed by atoms with van der Waals surface area (Å²) in [5.41, 5.74) is 0.715. The van der Waals surface area contributed by atoms with Crippen molar-refractivity contribution in [3.8, 4) is 0 Å². The molecule has 5 nitrogen and oxygen atoms in total. The Hall–Kier alpha value is -0.0600. The van der Waals surface area contributed by atoms with E-state index in [1.165, 1.54) is 29.8 Å². The van der Waals surface area contributed by atoms with Crippen LogP contribution >= 0.6 is 47.1 Å². The van der Waals surface area contributed by atoms with Crippen LogP contribution in [0.5, 0.6) is 0 Å². The molecule has 1 fully saturated rings. The minimum atomic E-state index is -0.596. The molecule has 1 atom stereocenters. The third-order valence-electron chi connectivity index (χ3n) is 4.49. The Bertz CT molecular complexity index is 549. The Morgan fingerprint density at radius 3 is 2.88 bits per heavy atom. The molecule has 0 radical (unpaired) electrons. The van der Waals surface area contributed by atoms with Crippen molar-refractivity contribution in [2.45, 2.75) is 44.2 Å². The van der Waals surface area contributed by atoms with Gasteiger partial charge in [0.25, 0.3) is 0 Å². The fourth-order valence-electron chi connectivity index (χ4n) is 3.12. The van der Waals surface area contributed by atoms with Crippen LogP contribution < -0.4 is 5.32 Å². The van der Waals surface area contributed by atoms with Gasteiger partial charge < -0.3 is 15.3 Å². The Balaban J connectivity index is 0.00000208. The van der Waals surface area contributed by atoms with Crippen molar-refractivity contribution in [2.24, 2.45) is 4.99 Å². The molecule has 1 unspecified atom stereocenters. The standard InChI is InChI=1S/C16H26N4OS2.HI/c1-17-15(18-10-16(21)7-8-22-11-16)20(2)9-14-19-12-5-3-4-6-13(12)23-14;/h21H,3-11H2,1-2H3,(H,17,18);1H. The van der Waals surface area contributed by atoms with Crippen LogP contribution in [-0.4, -0.2) is 58.7 Å². The highest BCUT2D eigenvalue weighted by Crippen LogP contribution is 2.28. The fraction of sp³-hybridized carbons (Fsp3) is 0.750. The van der Waals surface area contributed by atoms with Gasteiger partial charge in [0.1, 0.15) is 5.01 Å². The SMILES string of the molecule is CN=C(NCC1(O)CCSC1)N(C)Cc1nc2c(s1)CCCC2.I. The molecule has 1 aliphatic carbocycles. The van der Waals surface area contributed by atoms with Crippen LogP contribution in [0.1, 0.15) is 34.8 Å². The number of thiazole rings is 1. The minimum absolute atomic E-state index is 0. The summed E-state index contributed by atoms with van der Waals surface area (Å²) in [6, 6.07) is 0. The molecule has 3 rings (SSSR count). The minimum Gasteiger partial charge on any atom is -0.387 e. The number of guanidine groups is 1. The highest BCUT2D eigenvalue weighted by Gasteiger charge is 2.32. The van der Waals surface area contributed by atoms with Gasteiger partial charge in [0, 0.05) is 31.3 Å². The molecule has 136 valence electrons. The van der Waals surface area contributed by atoms with Crippen LogP contribution in [0, 0.1) is 0 Å². The quantitative estimate of drug-likeness (QED) is 0.393. The highest BCUT2D eigenvalue weighted by atomic mass is 127. The zero-order chi connectivity index (χ0) is 16.3. The molecule has 1 aromatic heterocycles. The van der Waals surface area contributed by atoms with Gasteiger partial charge in [-0.05, 0) is 37.9 Å². The number of fused-ring (bicyclic) bond motifs is 1. The molecule has 8 heteroatoms. The zero-order valence-corrected chi connectivity index (χ0v) is 18.3. The Labute approximate surface area is 169 Å². The number of aliphatic hydroxyl groups is 1. The summed E-state index contributed by atoms with van der Waals surface area (Å²) in [6.45, 7) is 1.33. The molecule has 0 bridgehead atoms. The largest absolute Gasteiger partial charge is 0.387 e. The van der Waals surface area contributed by atoms with Crippen LogP contribution in [0.4, 0.5) is 0 Å². The van der Waals surface area contributed by atoms with Crippen LogP contribution in [0.3, 0.4) is 0 Å². The number of hydrogen-bond acceptors (Lipinski definition) is 5. The van der Waals surface area contributed by atoms with E-state index < -0.39 is 5.60 Å². The maximum Gasteiger partial charge on any atom is 0.193 e. The molecule has 2 N–H and O–H groups in total. The third-order valence-corrected chi connectivity index (χ3v) is 6.87. The maximum atomic E-state index is 10.5. The predicted octanol–water partition coefficient (Wildman–Crippen LogP) is 2.52. The number of halogens is 1. The lowest BCUT2D eigenvalue weighted by molar-refractivity contribution is 0.0718.